The van der Waals surface area contributed by atoms with Crippen molar-refractivity contribution in [2.75, 3.05) is 14.2 Å². The quantitative estimate of drug-likeness (QED) is 0.459. The summed E-state index contributed by atoms with van der Waals surface area (Å²) >= 11 is 5.97. The number of ether oxygens (including phenoxy) is 2. The van der Waals surface area contributed by atoms with Crippen LogP contribution >= 0.6 is 11.6 Å². The first kappa shape index (κ1) is 25.1. The Balaban J connectivity index is 1.73. The molecule has 178 valence electrons. The molecular weight excluding hydrogens is 452 g/mol. The first-order chi connectivity index (χ1) is 16.4. The van der Waals surface area contributed by atoms with Crippen LogP contribution in [0.3, 0.4) is 0 Å². The van der Waals surface area contributed by atoms with Gasteiger partial charge in [0.05, 0.1) is 20.6 Å². The summed E-state index contributed by atoms with van der Waals surface area (Å²) in [6.07, 6.45) is 0.170. The Morgan fingerprint density at radius 3 is 1.85 bits per heavy atom. The number of nitrogens with one attached hydrogen (secondary N) is 1. The van der Waals surface area contributed by atoms with Crippen LogP contribution in [0.1, 0.15) is 23.6 Å². The highest BCUT2D eigenvalue weighted by molar-refractivity contribution is 6.30. The molecule has 0 spiro atoms. The Hall–Kier alpha value is -3.51. The summed E-state index contributed by atoms with van der Waals surface area (Å²) < 4.78 is 10.4. The second-order valence-corrected chi connectivity index (χ2v) is 8.35. The molecule has 3 aromatic rings. The number of amides is 2. The lowest BCUT2D eigenvalue weighted by Gasteiger charge is -2.29. The number of benzene rings is 3. The largest absolute Gasteiger partial charge is 0.497 e. The van der Waals surface area contributed by atoms with E-state index in [1.165, 1.54) is 0 Å². The molecule has 1 atom stereocenters. The molecule has 3 rings (SSSR count). The molecule has 0 aliphatic heterocycles. The number of halogens is 1. The first-order valence-corrected chi connectivity index (χ1v) is 11.3. The van der Waals surface area contributed by atoms with Gasteiger partial charge in [0.15, 0.2) is 0 Å². The summed E-state index contributed by atoms with van der Waals surface area (Å²) in [5.74, 6) is 1.11. The third kappa shape index (κ3) is 6.99. The molecule has 34 heavy (non-hydrogen) atoms. The molecule has 0 aliphatic carbocycles. The van der Waals surface area contributed by atoms with Crippen molar-refractivity contribution in [3.05, 3.63) is 94.5 Å². The molecule has 6 nitrogen and oxygen atoms in total. The number of hydrogen-bond acceptors (Lipinski definition) is 4. The van der Waals surface area contributed by atoms with Gasteiger partial charge in [0.2, 0.25) is 11.8 Å². The van der Waals surface area contributed by atoms with Crippen molar-refractivity contribution >= 4 is 23.4 Å². The van der Waals surface area contributed by atoms with Crippen LogP contribution in [0.4, 0.5) is 0 Å². The molecule has 0 fully saturated rings. The Morgan fingerprint density at radius 1 is 0.824 bits per heavy atom. The van der Waals surface area contributed by atoms with Gasteiger partial charge in [-0.3, -0.25) is 9.59 Å². The van der Waals surface area contributed by atoms with Crippen LogP contribution in [0, 0.1) is 0 Å². The van der Waals surface area contributed by atoms with E-state index in [1.807, 2.05) is 60.7 Å². The second kappa shape index (κ2) is 12.1. The van der Waals surface area contributed by atoms with E-state index >= 15 is 0 Å². The van der Waals surface area contributed by atoms with Gasteiger partial charge in [-0.1, -0.05) is 48.0 Å². The molecule has 0 saturated carbocycles. The summed E-state index contributed by atoms with van der Waals surface area (Å²) in [6.45, 7) is 2.40. The van der Waals surface area contributed by atoms with Crippen molar-refractivity contribution < 1.29 is 19.1 Å². The summed E-state index contributed by atoms with van der Waals surface area (Å²) in [5.41, 5.74) is 2.68. The van der Waals surface area contributed by atoms with Crippen molar-refractivity contribution in [2.45, 2.75) is 32.5 Å². The summed E-state index contributed by atoms with van der Waals surface area (Å²) in [6, 6.07) is 21.4. The maximum Gasteiger partial charge on any atom is 0.242 e. The van der Waals surface area contributed by atoms with Crippen LogP contribution < -0.4 is 14.8 Å². The lowest BCUT2D eigenvalue weighted by atomic mass is 10.1. The molecule has 0 heterocycles. The van der Waals surface area contributed by atoms with E-state index in [2.05, 4.69) is 5.32 Å². The van der Waals surface area contributed by atoms with Crippen LogP contribution in [-0.4, -0.2) is 37.0 Å². The number of carbonyl (C=O) groups excluding carboxylic acids is 2. The molecule has 0 bridgehead atoms. The fourth-order valence-electron chi connectivity index (χ4n) is 3.47. The zero-order valence-corrected chi connectivity index (χ0v) is 20.3. The molecule has 3 aromatic carbocycles. The third-order valence-electron chi connectivity index (χ3n) is 5.57. The Labute approximate surface area is 205 Å². The predicted octanol–water partition coefficient (Wildman–Crippen LogP) is 4.63. The average Bonchev–Trinajstić information content (AvgIpc) is 2.87. The zero-order valence-electron chi connectivity index (χ0n) is 19.6. The highest BCUT2D eigenvalue weighted by atomic mass is 35.5. The van der Waals surface area contributed by atoms with Crippen LogP contribution in [-0.2, 0) is 29.1 Å². The van der Waals surface area contributed by atoms with Gasteiger partial charge >= 0.3 is 0 Å². The Morgan fingerprint density at radius 2 is 1.32 bits per heavy atom. The van der Waals surface area contributed by atoms with Gasteiger partial charge in [-0.05, 0) is 60.0 Å². The van der Waals surface area contributed by atoms with Gasteiger partial charge < -0.3 is 19.7 Å². The van der Waals surface area contributed by atoms with Gasteiger partial charge in [0.1, 0.15) is 17.5 Å². The van der Waals surface area contributed by atoms with Crippen molar-refractivity contribution in [1.29, 1.82) is 0 Å². The van der Waals surface area contributed by atoms with Crippen molar-refractivity contribution in [3.8, 4) is 11.5 Å². The van der Waals surface area contributed by atoms with Crippen molar-refractivity contribution in [2.24, 2.45) is 0 Å². The second-order valence-electron chi connectivity index (χ2n) is 7.91. The molecule has 0 saturated heterocycles. The van der Waals surface area contributed by atoms with Crippen LogP contribution in [0.15, 0.2) is 72.8 Å². The highest BCUT2D eigenvalue weighted by Crippen LogP contribution is 2.17. The normalized spacial score (nSPS) is 11.4. The summed E-state index contributed by atoms with van der Waals surface area (Å²) in [7, 11) is 3.21. The topological polar surface area (TPSA) is 67.9 Å². The van der Waals surface area contributed by atoms with Crippen LogP contribution in [0.25, 0.3) is 0 Å². The van der Waals surface area contributed by atoms with E-state index in [4.69, 9.17) is 21.1 Å². The molecule has 1 unspecified atom stereocenters. The molecule has 7 heteroatoms. The van der Waals surface area contributed by atoms with Gasteiger partial charge in [0.25, 0.3) is 0 Å². The maximum atomic E-state index is 13.3. The average molecular weight is 481 g/mol. The Kier molecular flexibility index (Phi) is 8.93. The molecule has 0 aliphatic rings. The summed E-state index contributed by atoms with van der Waals surface area (Å²) in [5, 5.41) is 3.54. The number of methoxy groups -OCH3 is 2. The maximum absolute atomic E-state index is 13.3. The third-order valence-corrected chi connectivity index (χ3v) is 5.83. The summed E-state index contributed by atoms with van der Waals surface area (Å²) in [4.78, 5) is 27.9. The minimum atomic E-state index is -0.667. The van der Waals surface area contributed by atoms with Crippen LogP contribution in [0.5, 0.6) is 11.5 Å². The predicted molar refractivity (Wildman–Crippen MR) is 133 cm³/mol. The fourth-order valence-corrected chi connectivity index (χ4v) is 3.59. The van der Waals surface area contributed by atoms with Gasteiger partial charge in [-0.15, -0.1) is 0 Å². The van der Waals surface area contributed by atoms with Crippen molar-refractivity contribution in [1.82, 2.24) is 10.2 Å². The van der Waals surface area contributed by atoms with Gasteiger partial charge in [0, 0.05) is 18.1 Å². The lowest BCUT2D eigenvalue weighted by molar-refractivity contribution is -0.140. The fraction of sp³-hybridized carbons (Fsp3) is 0.259. The minimum absolute atomic E-state index is 0.148. The monoisotopic (exact) mass is 480 g/mol. The van der Waals surface area contributed by atoms with E-state index in [1.54, 1.807) is 38.2 Å². The molecule has 0 radical (unpaired) electrons. The number of hydrogen-bond donors (Lipinski definition) is 1. The number of nitrogens with zero attached hydrogens (tertiary/aromatic N) is 1. The van der Waals surface area contributed by atoms with E-state index in [9.17, 15) is 9.59 Å². The van der Waals surface area contributed by atoms with Crippen LogP contribution in [0.2, 0.25) is 5.02 Å². The minimum Gasteiger partial charge on any atom is -0.497 e. The molecular formula is C27H29ClN2O4. The van der Waals surface area contributed by atoms with E-state index in [0.29, 0.717) is 18.1 Å². The van der Waals surface area contributed by atoms with Crippen molar-refractivity contribution in [3.63, 3.8) is 0 Å². The number of rotatable bonds is 10. The zero-order chi connectivity index (χ0) is 24.5. The van der Waals surface area contributed by atoms with E-state index in [0.717, 1.165) is 28.2 Å². The van der Waals surface area contributed by atoms with E-state index < -0.39 is 6.04 Å². The molecule has 1 N–H and O–H groups in total. The van der Waals surface area contributed by atoms with E-state index in [-0.39, 0.29) is 18.2 Å². The molecule has 2 amide bonds. The van der Waals surface area contributed by atoms with Gasteiger partial charge in [-0.2, -0.15) is 0 Å². The lowest BCUT2D eigenvalue weighted by Crippen LogP contribution is -2.47. The standard InChI is InChI=1S/C27H29ClN2O4/c1-19(27(32)29-17-21-6-12-24(33-2)13-7-21)30(18-22-8-14-25(34-3)15-9-22)26(31)16-20-4-10-23(28)11-5-20/h4-15,19H,16-18H2,1-3H3,(H,29,32). The molecule has 0 aromatic heterocycles. The first-order valence-electron chi connectivity index (χ1n) is 11.0. The Bertz CT molecular complexity index is 1080. The highest BCUT2D eigenvalue weighted by Gasteiger charge is 2.26. The SMILES string of the molecule is COc1ccc(CNC(=O)C(C)N(Cc2ccc(OC)cc2)C(=O)Cc2ccc(Cl)cc2)cc1. The van der Waals surface area contributed by atoms with Gasteiger partial charge in [-0.25, -0.2) is 0 Å². The smallest absolute Gasteiger partial charge is 0.242 e. The number of carbonyl (C=O) groups is 2.